The van der Waals surface area contributed by atoms with E-state index in [0.717, 1.165) is 18.8 Å². The van der Waals surface area contributed by atoms with Gasteiger partial charge in [-0.15, -0.1) is 0 Å². The number of methoxy groups -OCH3 is 1. The van der Waals surface area contributed by atoms with Crippen molar-refractivity contribution in [2.45, 2.75) is 12.5 Å². The molecule has 1 aromatic carbocycles. The summed E-state index contributed by atoms with van der Waals surface area (Å²) >= 11 is 0. The van der Waals surface area contributed by atoms with Crippen molar-refractivity contribution in [1.29, 1.82) is 0 Å². The predicted octanol–water partition coefficient (Wildman–Crippen LogP) is 1.23. The Morgan fingerprint density at radius 3 is 2.57 bits per heavy atom. The lowest BCUT2D eigenvalue weighted by Crippen LogP contribution is -2.51. The van der Waals surface area contributed by atoms with Crippen molar-refractivity contribution in [3.05, 3.63) is 24.3 Å². The Hall–Kier alpha value is -1.22. The molecule has 0 aliphatic carbocycles. The largest absolute Gasteiger partial charge is 0.497 e. The van der Waals surface area contributed by atoms with Crippen molar-refractivity contribution in [2.24, 2.45) is 5.73 Å². The molecule has 0 amide bonds. The standard InChI is InChI=1S/C11H16N2O/c1-14-11-4-2-9(3-5-11)13-7-6-10(13)8-12/h2-5,10H,6-8,12H2,1H3. The highest BCUT2D eigenvalue weighted by molar-refractivity contribution is 5.52. The highest BCUT2D eigenvalue weighted by atomic mass is 16.5. The zero-order valence-electron chi connectivity index (χ0n) is 8.44. The number of hydrogen-bond donors (Lipinski definition) is 1. The van der Waals surface area contributed by atoms with Crippen molar-refractivity contribution in [3.8, 4) is 5.75 Å². The van der Waals surface area contributed by atoms with E-state index in [1.54, 1.807) is 7.11 Å². The molecular formula is C11H16N2O. The van der Waals surface area contributed by atoms with Gasteiger partial charge in [-0.1, -0.05) is 0 Å². The van der Waals surface area contributed by atoms with Gasteiger partial charge in [0.25, 0.3) is 0 Å². The first-order chi connectivity index (χ1) is 6.85. The molecule has 0 aromatic heterocycles. The van der Waals surface area contributed by atoms with E-state index in [2.05, 4.69) is 17.0 Å². The SMILES string of the molecule is COc1ccc(N2CCC2CN)cc1. The molecule has 2 rings (SSSR count). The fraction of sp³-hybridized carbons (Fsp3) is 0.455. The van der Waals surface area contributed by atoms with Crippen LogP contribution in [0.4, 0.5) is 5.69 Å². The molecule has 3 nitrogen and oxygen atoms in total. The Morgan fingerprint density at radius 2 is 2.14 bits per heavy atom. The average Bonchev–Trinajstić information content (AvgIpc) is 2.18. The Bertz CT molecular complexity index is 295. The van der Waals surface area contributed by atoms with E-state index in [-0.39, 0.29) is 0 Å². The van der Waals surface area contributed by atoms with Crippen LogP contribution in [-0.2, 0) is 0 Å². The lowest BCUT2D eigenvalue weighted by atomic mass is 10.0. The summed E-state index contributed by atoms with van der Waals surface area (Å²) in [6.07, 6.45) is 1.21. The minimum Gasteiger partial charge on any atom is -0.497 e. The Balaban J connectivity index is 2.09. The van der Waals surface area contributed by atoms with Gasteiger partial charge >= 0.3 is 0 Å². The molecule has 1 fully saturated rings. The molecule has 1 aliphatic rings. The summed E-state index contributed by atoms with van der Waals surface area (Å²) in [7, 11) is 1.68. The van der Waals surface area contributed by atoms with Crippen molar-refractivity contribution >= 4 is 5.69 Å². The third kappa shape index (κ3) is 1.55. The van der Waals surface area contributed by atoms with Crippen molar-refractivity contribution in [2.75, 3.05) is 25.1 Å². The van der Waals surface area contributed by atoms with Gasteiger partial charge in [-0.25, -0.2) is 0 Å². The van der Waals surface area contributed by atoms with E-state index >= 15 is 0 Å². The van der Waals surface area contributed by atoms with Crippen LogP contribution in [-0.4, -0.2) is 26.2 Å². The van der Waals surface area contributed by atoms with Crippen molar-refractivity contribution in [1.82, 2.24) is 0 Å². The first-order valence-corrected chi connectivity index (χ1v) is 4.96. The first-order valence-electron chi connectivity index (χ1n) is 4.96. The first kappa shape index (κ1) is 9.34. The van der Waals surface area contributed by atoms with Gasteiger partial charge in [-0.2, -0.15) is 0 Å². The minimum atomic E-state index is 0.531. The second-order valence-corrected chi connectivity index (χ2v) is 3.57. The van der Waals surface area contributed by atoms with E-state index < -0.39 is 0 Å². The van der Waals surface area contributed by atoms with Crippen LogP contribution in [0.5, 0.6) is 5.75 Å². The fourth-order valence-electron chi connectivity index (χ4n) is 1.80. The molecule has 3 heteroatoms. The second kappa shape index (κ2) is 3.88. The van der Waals surface area contributed by atoms with Crippen molar-refractivity contribution in [3.63, 3.8) is 0 Å². The molecule has 1 atom stereocenters. The molecule has 0 radical (unpaired) electrons. The van der Waals surface area contributed by atoms with Gasteiger partial charge in [-0.05, 0) is 30.7 Å². The third-order valence-corrected chi connectivity index (χ3v) is 2.82. The summed E-state index contributed by atoms with van der Waals surface area (Å²) in [6.45, 7) is 1.86. The van der Waals surface area contributed by atoms with Gasteiger partial charge in [0.15, 0.2) is 0 Å². The highest BCUT2D eigenvalue weighted by Gasteiger charge is 2.26. The molecule has 1 heterocycles. The molecular weight excluding hydrogens is 176 g/mol. The summed E-state index contributed by atoms with van der Waals surface area (Å²) < 4.78 is 5.11. The van der Waals surface area contributed by atoms with Gasteiger partial charge in [0.05, 0.1) is 7.11 Å². The molecule has 1 saturated heterocycles. The number of anilines is 1. The number of benzene rings is 1. The van der Waals surface area contributed by atoms with Gasteiger partial charge in [0.1, 0.15) is 5.75 Å². The summed E-state index contributed by atoms with van der Waals surface area (Å²) in [5.41, 5.74) is 6.89. The number of nitrogens with zero attached hydrogens (tertiary/aromatic N) is 1. The third-order valence-electron chi connectivity index (χ3n) is 2.82. The molecule has 14 heavy (non-hydrogen) atoms. The molecule has 0 bridgehead atoms. The zero-order valence-corrected chi connectivity index (χ0v) is 8.44. The minimum absolute atomic E-state index is 0.531. The fourth-order valence-corrected chi connectivity index (χ4v) is 1.80. The predicted molar refractivity (Wildman–Crippen MR) is 57.8 cm³/mol. The van der Waals surface area contributed by atoms with Gasteiger partial charge < -0.3 is 15.4 Å². The second-order valence-electron chi connectivity index (χ2n) is 3.57. The molecule has 1 unspecified atom stereocenters. The smallest absolute Gasteiger partial charge is 0.119 e. The van der Waals surface area contributed by atoms with E-state index in [1.807, 2.05) is 12.1 Å². The van der Waals surface area contributed by atoms with E-state index in [4.69, 9.17) is 10.5 Å². The number of ether oxygens (including phenoxy) is 1. The Morgan fingerprint density at radius 1 is 1.43 bits per heavy atom. The lowest BCUT2D eigenvalue weighted by Gasteiger charge is -2.42. The average molecular weight is 192 g/mol. The molecule has 76 valence electrons. The van der Waals surface area contributed by atoms with Crippen LogP contribution in [0.15, 0.2) is 24.3 Å². The van der Waals surface area contributed by atoms with Crippen LogP contribution in [0.2, 0.25) is 0 Å². The molecule has 0 spiro atoms. The van der Waals surface area contributed by atoms with Gasteiger partial charge in [-0.3, -0.25) is 0 Å². The Labute approximate surface area is 84.5 Å². The van der Waals surface area contributed by atoms with Gasteiger partial charge in [0.2, 0.25) is 0 Å². The van der Waals surface area contributed by atoms with E-state index in [0.29, 0.717) is 6.04 Å². The summed E-state index contributed by atoms with van der Waals surface area (Å²) in [6, 6.07) is 8.67. The normalized spacial score (nSPS) is 20.4. The van der Waals surface area contributed by atoms with Gasteiger partial charge in [0, 0.05) is 24.8 Å². The summed E-state index contributed by atoms with van der Waals surface area (Å²) in [5, 5.41) is 0. The van der Waals surface area contributed by atoms with Crippen LogP contribution in [0, 0.1) is 0 Å². The van der Waals surface area contributed by atoms with E-state index in [1.165, 1.54) is 12.1 Å². The monoisotopic (exact) mass is 192 g/mol. The highest BCUT2D eigenvalue weighted by Crippen LogP contribution is 2.27. The Kier molecular flexibility index (Phi) is 2.59. The maximum absolute atomic E-state index is 5.65. The van der Waals surface area contributed by atoms with Crippen LogP contribution < -0.4 is 15.4 Å². The lowest BCUT2D eigenvalue weighted by molar-refractivity contribution is 0.414. The quantitative estimate of drug-likeness (QED) is 0.783. The van der Waals surface area contributed by atoms with Crippen LogP contribution >= 0.6 is 0 Å². The molecule has 1 aromatic rings. The molecule has 2 N–H and O–H groups in total. The maximum Gasteiger partial charge on any atom is 0.119 e. The number of rotatable bonds is 3. The number of nitrogens with two attached hydrogens (primary N) is 1. The van der Waals surface area contributed by atoms with Crippen molar-refractivity contribution < 1.29 is 4.74 Å². The number of hydrogen-bond acceptors (Lipinski definition) is 3. The van der Waals surface area contributed by atoms with Crippen LogP contribution in [0.3, 0.4) is 0 Å². The topological polar surface area (TPSA) is 38.5 Å². The van der Waals surface area contributed by atoms with Crippen LogP contribution in [0.25, 0.3) is 0 Å². The summed E-state index contributed by atoms with van der Waals surface area (Å²) in [5.74, 6) is 0.901. The van der Waals surface area contributed by atoms with Crippen LogP contribution in [0.1, 0.15) is 6.42 Å². The molecule has 1 aliphatic heterocycles. The zero-order chi connectivity index (χ0) is 9.97. The van der Waals surface area contributed by atoms with E-state index in [9.17, 15) is 0 Å². The summed E-state index contributed by atoms with van der Waals surface area (Å²) in [4.78, 5) is 2.33. The maximum atomic E-state index is 5.65. The molecule has 0 saturated carbocycles.